The molecule has 1 N–H and O–H groups in total. The van der Waals surface area contributed by atoms with Crippen molar-refractivity contribution in [3.63, 3.8) is 0 Å². The van der Waals surface area contributed by atoms with Gasteiger partial charge in [-0.15, -0.1) is 0 Å². The number of amides is 4. The highest BCUT2D eigenvalue weighted by Gasteiger charge is 2.61. The Morgan fingerprint density at radius 2 is 2.00 bits per heavy atom. The van der Waals surface area contributed by atoms with Gasteiger partial charge in [-0.25, -0.2) is 4.79 Å². The molecular weight excluding hydrogens is 236 g/mol. The first-order chi connectivity index (χ1) is 8.62. The maximum absolute atomic E-state index is 12.1. The molecule has 0 aromatic heterocycles. The van der Waals surface area contributed by atoms with Gasteiger partial charge in [-0.05, 0) is 25.7 Å². The number of imide groups is 2. The van der Waals surface area contributed by atoms with Crippen molar-refractivity contribution in [3.05, 3.63) is 0 Å². The Bertz CT molecular complexity index is 376. The second-order valence-corrected chi connectivity index (χ2v) is 4.76. The highest BCUT2D eigenvalue weighted by atomic mass is 16.5. The number of ether oxygens (including phenoxy) is 1. The number of carbonyl (C=O) groups is 3. The van der Waals surface area contributed by atoms with E-state index in [-0.39, 0.29) is 5.91 Å². The van der Waals surface area contributed by atoms with Crippen molar-refractivity contribution >= 4 is 17.8 Å². The molecule has 1 spiro atoms. The number of hydrogen-bond donors (Lipinski definition) is 1. The van der Waals surface area contributed by atoms with Crippen LogP contribution in [0.2, 0.25) is 0 Å². The molecular formula is C12H18N2O4. The fraction of sp³-hybridized carbons (Fsp3) is 0.750. The summed E-state index contributed by atoms with van der Waals surface area (Å²) in [7, 11) is 0. The van der Waals surface area contributed by atoms with Gasteiger partial charge in [0.25, 0.3) is 0 Å². The SMILES string of the molecule is CCCOCCCN1C(=O)NC(=O)C2(CC2)C1=O. The molecule has 6 heteroatoms. The monoisotopic (exact) mass is 254 g/mol. The smallest absolute Gasteiger partial charge is 0.330 e. The molecule has 2 rings (SSSR count). The third kappa shape index (κ3) is 2.25. The minimum atomic E-state index is -0.932. The van der Waals surface area contributed by atoms with Gasteiger partial charge in [0.2, 0.25) is 11.8 Å². The largest absolute Gasteiger partial charge is 0.381 e. The number of barbiturate groups is 1. The highest BCUT2D eigenvalue weighted by molar-refractivity contribution is 6.20. The first-order valence-electron chi connectivity index (χ1n) is 6.37. The van der Waals surface area contributed by atoms with E-state index in [1.807, 2.05) is 6.92 Å². The second-order valence-electron chi connectivity index (χ2n) is 4.76. The van der Waals surface area contributed by atoms with Gasteiger partial charge in [0.05, 0.1) is 0 Å². The van der Waals surface area contributed by atoms with E-state index in [1.54, 1.807) is 0 Å². The van der Waals surface area contributed by atoms with Crippen LogP contribution in [0.1, 0.15) is 32.6 Å². The third-order valence-electron chi connectivity index (χ3n) is 3.32. The molecule has 0 aromatic rings. The maximum Gasteiger partial charge on any atom is 0.330 e. The van der Waals surface area contributed by atoms with Crippen molar-refractivity contribution in [2.45, 2.75) is 32.6 Å². The van der Waals surface area contributed by atoms with Crippen molar-refractivity contribution in [1.29, 1.82) is 0 Å². The van der Waals surface area contributed by atoms with E-state index >= 15 is 0 Å². The van der Waals surface area contributed by atoms with E-state index in [4.69, 9.17) is 4.74 Å². The van der Waals surface area contributed by atoms with E-state index in [0.29, 0.717) is 39.0 Å². The molecule has 0 unspecified atom stereocenters. The number of rotatable bonds is 6. The summed E-state index contributed by atoms with van der Waals surface area (Å²) in [5.74, 6) is -0.775. The normalized spacial score (nSPS) is 21.4. The Morgan fingerprint density at radius 1 is 1.28 bits per heavy atom. The summed E-state index contributed by atoms with van der Waals surface area (Å²) >= 11 is 0. The zero-order valence-electron chi connectivity index (χ0n) is 10.5. The van der Waals surface area contributed by atoms with Crippen LogP contribution in [0.5, 0.6) is 0 Å². The second kappa shape index (κ2) is 5.06. The number of nitrogens with one attached hydrogen (secondary N) is 1. The summed E-state index contributed by atoms with van der Waals surface area (Å²) in [6.07, 6.45) is 2.64. The van der Waals surface area contributed by atoms with E-state index < -0.39 is 17.4 Å². The van der Waals surface area contributed by atoms with Crippen LogP contribution < -0.4 is 5.32 Å². The van der Waals surface area contributed by atoms with E-state index in [2.05, 4.69) is 5.32 Å². The summed E-state index contributed by atoms with van der Waals surface area (Å²) in [6, 6.07) is -0.599. The molecule has 0 aromatic carbocycles. The van der Waals surface area contributed by atoms with Crippen molar-refractivity contribution in [3.8, 4) is 0 Å². The molecule has 4 amide bonds. The molecule has 1 saturated carbocycles. The average molecular weight is 254 g/mol. The molecule has 1 heterocycles. The first kappa shape index (κ1) is 13.0. The molecule has 2 aliphatic rings. The van der Waals surface area contributed by atoms with Gasteiger partial charge >= 0.3 is 6.03 Å². The lowest BCUT2D eigenvalue weighted by Crippen LogP contribution is -2.59. The standard InChI is InChI=1S/C12H18N2O4/c1-2-7-18-8-3-6-14-10(16)12(4-5-12)9(15)13-11(14)17/h2-8H2,1H3,(H,13,15,17). The number of nitrogens with zero attached hydrogens (tertiary/aromatic N) is 1. The van der Waals surface area contributed by atoms with Crippen molar-refractivity contribution in [2.75, 3.05) is 19.8 Å². The Morgan fingerprint density at radius 3 is 2.61 bits per heavy atom. The van der Waals surface area contributed by atoms with Gasteiger partial charge in [-0.2, -0.15) is 0 Å². The van der Waals surface area contributed by atoms with Crippen molar-refractivity contribution in [1.82, 2.24) is 10.2 Å². The highest BCUT2D eigenvalue weighted by Crippen LogP contribution is 2.48. The number of hydrogen-bond acceptors (Lipinski definition) is 4. The van der Waals surface area contributed by atoms with Crippen LogP contribution in [-0.4, -0.2) is 42.5 Å². The van der Waals surface area contributed by atoms with Crippen LogP contribution in [0.15, 0.2) is 0 Å². The molecule has 6 nitrogen and oxygen atoms in total. The zero-order valence-corrected chi connectivity index (χ0v) is 10.5. The van der Waals surface area contributed by atoms with Gasteiger partial charge in [0, 0.05) is 19.8 Å². The van der Waals surface area contributed by atoms with Crippen molar-refractivity contribution in [2.24, 2.45) is 5.41 Å². The van der Waals surface area contributed by atoms with Gasteiger partial charge in [-0.1, -0.05) is 6.92 Å². The minimum absolute atomic E-state index is 0.309. The lowest BCUT2D eigenvalue weighted by Gasteiger charge is -2.30. The zero-order chi connectivity index (χ0) is 13.2. The van der Waals surface area contributed by atoms with Crippen LogP contribution in [0, 0.1) is 5.41 Å². The predicted molar refractivity (Wildman–Crippen MR) is 62.6 cm³/mol. The minimum Gasteiger partial charge on any atom is -0.381 e. The van der Waals surface area contributed by atoms with Crippen LogP contribution in [0.25, 0.3) is 0 Å². The fourth-order valence-electron chi connectivity index (χ4n) is 2.07. The summed E-state index contributed by atoms with van der Waals surface area (Å²) in [5, 5.41) is 2.25. The fourth-order valence-corrected chi connectivity index (χ4v) is 2.07. The molecule has 1 aliphatic heterocycles. The maximum atomic E-state index is 12.1. The van der Waals surface area contributed by atoms with Crippen LogP contribution in [0.3, 0.4) is 0 Å². The Labute approximate surface area is 106 Å². The average Bonchev–Trinajstić information content (AvgIpc) is 3.12. The van der Waals surface area contributed by atoms with Gasteiger partial charge < -0.3 is 4.74 Å². The van der Waals surface area contributed by atoms with Crippen LogP contribution in [-0.2, 0) is 14.3 Å². The lowest BCUT2D eigenvalue weighted by molar-refractivity contribution is -0.144. The Balaban J connectivity index is 1.85. The quantitative estimate of drug-likeness (QED) is 0.558. The van der Waals surface area contributed by atoms with Crippen LogP contribution in [0.4, 0.5) is 4.79 Å². The summed E-state index contributed by atoms with van der Waals surface area (Å²) < 4.78 is 5.30. The number of carbonyl (C=O) groups excluding carboxylic acids is 3. The molecule has 0 radical (unpaired) electrons. The summed E-state index contributed by atoms with van der Waals surface area (Å²) in [6.45, 7) is 3.53. The molecule has 2 fully saturated rings. The van der Waals surface area contributed by atoms with Crippen molar-refractivity contribution < 1.29 is 19.1 Å². The molecule has 100 valence electrons. The molecule has 1 saturated heterocycles. The van der Waals surface area contributed by atoms with Gasteiger partial charge in [0.15, 0.2) is 0 Å². The van der Waals surface area contributed by atoms with Crippen LogP contribution >= 0.6 is 0 Å². The number of urea groups is 1. The van der Waals surface area contributed by atoms with E-state index in [9.17, 15) is 14.4 Å². The van der Waals surface area contributed by atoms with Gasteiger partial charge in [-0.3, -0.25) is 19.8 Å². The Hall–Kier alpha value is -1.43. The first-order valence-corrected chi connectivity index (χ1v) is 6.37. The summed E-state index contributed by atoms with van der Waals surface area (Å²) in [5.41, 5.74) is -0.932. The lowest BCUT2D eigenvalue weighted by atomic mass is 10.0. The molecule has 0 bridgehead atoms. The predicted octanol–water partition coefficient (Wildman–Crippen LogP) is 0.662. The summed E-state index contributed by atoms with van der Waals surface area (Å²) in [4.78, 5) is 36.3. The molecule has 18 heavy (non-hydrogen) atoms. The Kier molecular flexibility index (Phi) is 3.65. The molecule has 1 aliphatic carbocycles. The van der Waals surface area contributed by atoms with E-state index in [1.165, 1.54) is 0 Å². The topological polar surface area (TPSA) is 75.7 Å². The van der Waals surface area contributed by atoms with Gasteiger partial charge in [0.1, 0.15) is 5.41 Å². The molecule has 0 atom stereocenters. The van der Waals surface area contributed by atoms with E-state index in [0.717, 1.165) is 11.3 Å². The third-order valence-corrected chi connectivity index (χ3v) is 3.32.